The fourth-order valence-corrected chi connectivity index (χ4v) is 3.16. The maximum absolute atomic E-state index is 11.9. The fraction of sp³-hybridized carbons (Fsp3) is 0.909. The summed E-state index contributed by atoms with van der Waals surface area (Å²) in [6, 6.07) is 0. The van der Waals surface area contributed by atoms with E-state index in [1.807, 2.05) is 0 Å². The van der Waals surface area contributed by atoms with Gasteiger partial charge in [0, 0.05) is 53.4 Å². The molecule has 0 aliphatic carbocycles. The number of amides is 2. The van der Waals surface area contributed by atoms with Gasteiger partial charge in [-0.05, 0) is 25.7 Å². The molecule has 0 spiro atoms. The number of hydrogen-bond donors (Lipinski definition) is 3. The summed E-state index contributed by atoms with van der Waals surface area (Å²) in [5.41, 5.74) is 0. The predicted molar refractivity (Wildman–Crippen MR) is 131 cm³/mol. The molecule has 2 amide bonds. The quantitative estimate of drug-likeness (QED) is 0.116. The highest BCUT2D eigenvalue weighted by Crippen LogP contribution is 2.36. The molecule has 0 saturated heterocycles. The summed E-state index contributed by atoms with van der Waals surface area (Å²) >= 11 is 0. The van der Waals surface area contributed by atoms with E-state index in [4.69, 9.17) is 33.1 Å². The highest BCUT2D eigenvalue weighted by atomic mass is 31.2. The van der Waals surface area contributed by atoms with Gasteiger partial charge >= 0.3 is 7.60 Å². The third-order valence-corrected chi connectivity index (χ3v) is 5.16. The first-order valence-corrected chi connectivity index (χ1v) is 14.0. The number of nitrogens with one attached hydrogen (secondary N) is 2. The van der Waals surface area contributed by atoms with Gasteiger partial charge in [-0.1, -0.05) is 0 Å². The van der Waals surface area contributed by atoms with Gasteiger partial charge in [-0.15, -0.1) is 0 Å². The lowest BCUT2D eigenvalue weighted by molar-refractivity contribution is -0.122. The molecule has 2 unspecified atom stereocenters. The van der Waals surface area contributed by atoms with Crippen LogP contribution in [0.15, 0.2) is 0 Å². The molecule has 0 heterocycles. The maximum Gasteiger partial charge on any atom is 0.325 e. The lowest BCUT2D eigenvalue weighted by Crippen LogP contribution is -2.29. The van der Waals surface area contributed by atoms with Crippen LogP contribution in [0.25, 0.3) is 0 Å². The molecule has 0 radical (unpaired) electrons. The van der Waals surface area contributed by atoms with Crippen molar-refractivity contribution in [1.29, 1.82) is 0 Å². The SMILES string of the molecule is COCCOCC(COCCCNC(=O)CCCC(=O)NCCCCOP(C)(=O)O)OCCOC. The minimum absolute atomic E-state index is 0.102. The molecule has 13 heteroatoms. The Kier molecular flexibility index (Phi) is 22.6. The maximum atomic E-state index is 11.9. The Hall–Kier alpha value is -1.11. The number of unbranched alkanes of at least 4 members (excludes halogenated alkanes) is 1. The second kappa shape index (κ2) is 23.3. The first kappa shape index (κ1) is 33.9. The molecular weight excluding hydrogens is 483 g/mol. The van der Waals surface area contributed by atoms with E-state index in [0.717, 1.165) is 6.66 Å². The molecule has 35 heavy (non-hydrogen) atoms. The Morgan fingerprint density at radius 1 is 0.771 bits per heavy atom. The van der Waals surface area contributed by atoms with Crippen LogP contribution in [0.3, 0.4) is 0 Å². The number of methoxy groups -OCH3 is 2. The molecule has 0 fully saturated rings. The Morgan fingerprint density at radius 3 is 1.94 bits per heavy atom. The lowest BCUT2D eigenvalue weighted by Gasteiger charge is -2.18. The zero-order valence-corrected chi connectivity index (χ0v) is 22.4. The average Bonchev–Trinajstić information content (AvgIpc) is 2.80. The van der Waals surface area contributed by atoms with Crippen LogP contribution in [-0.4, -0.2) is 110 Å². The van der Waals surface area contributed by atoms with Crippen molar-refractivity contribution in [2.24, 2.45) is 0 Å². The van der Waals surface area contributed by atoms with Gasteiger partial charge in [-0.3, -0.25) is 14.2 Å². The van der Waals surface area contributed by atoms with Gasteiger partial charge in [-0.2, -0.15) is 0 Å². The van der Waals surface area contributed by atoms with Crippen LogP contribution < -0.4 is 10.6 Å². The van der Waals surface area contributed by atoms with Crippen molar-refractivity contribution >= 4 is 19.4 Å². The van der Waals surface area contributed by atoms with Crippen LogP contribution in [0, 0.1) is 0 Å². The third kappa shape index (κ3) is 25.8. The van der Waals surface area contributed by atoms with E-state index in [1.165, 1.54) is 0 Å². The molecule has 0 bridgehead atoms. The zero-order chi connectivity index (χ0) is 26.2. The topological polar surface area (TPSA) is 151 Å². The standard InChI is InChI=1S/C22H45N2O10P/c1-29-14-16-32-19-20(33-17-15-30-2)18-31-12-7-11-24-22(26)9-6-8-21(25)23-10-4-5-13-34-35(3,27)28/h20H,4-19H2,1-3H3,(H,23,25)(H,24,26)(H,27,28). The smallest absolute Gasteiger partial charge is 0.325 e. The normalized spacial score (nSPS) is 13.8. The van der Waals surface area contributed by atoms with Gasteiger partial charge in [0.2, 0.25) is 11.8 Å². The molecule has 0 aliphatic rings. The predicted octanol–water partition coefficient (Wildman–Crippen LogP) is 1.10. The number of carbonyl (C=O) groups is 2. The van der Waals surface area contributed by atoms with E-state index in [-0.39, 0.29) is 37.4 Å². The minimum Gasteiger partial charge on any atom is -0.382 e. The Labute approximate surface area is 209 Å². The average molecular weight is 529 g/mol. The van der Waals surface area contributed by atoms with Crippen molar-refractivity contribution < 1.29 is 47.3 Å². The van der Waals surface area contributed by atoms with E-state index < -0.39 is 7.60 Å². The van der Waals surface area contributed by atoms with E-state index in [0.29, 0.717) is 85.0 Å². The minimum atomic E-state index is -3.44. The molecule has 208 valence electrons. The van der Waals surface area contributed by atoms with Crippen LogP contribution in [0.2, 0.25) is 0 Å². The fourth-order valence-electron chi connectivity index (χ4n) is 2.69. The highest BCUT2D eigenvalue weighted by molar-refractivity contribution is 7.51. The first-order chi connectivity index (χ1) is 16.8. The molecule has 0 aromatic heterocycles. The Balaban J connectivity index is 3.70. The van der Waals surface area contributed by atoms with Crippen LogP contribution in [0.5, 0.6) is 0 Å². The second-order valence-electron chi connectivity index (χ2n) is 7.88. The molecule has 2 atom stereocenters. The van der Waals surface area contributed by atoms with Gasteiger partial charge in [0.25, 0.3) is 0 Å². The van der Waals surface area contributed by atoms with Crippen LogP contribution in [-0.2, 0) is 42.4 Å². The number of hydrogen-bond acceptors (Lipinski definition) is 9. The molecule has 0 rings (SSSR count). The summed E-state index contributed by atoms with van der Waals surface area (Å²) in [5, 5.41) is 5.58. The van der Waals surface area contributed by atoms with Gasteiger partial charge in [0.1, 0.15) is 6.10 Å². The first-order valence-electron chi connectivity index (χ1n) is 12.0. The largest absolute Gasteiger partial charge is 0.382 e. The zero-order valence-electron chi connectivity index (χ0n) is 21.5. The van der Waals surface area contributed by atoms with Gasteiger partial charge in [0.15, 0.2) is 0 Å². The van der Waals surface area contributed by atoms with Gasteiger partial charge in [-0.25, -0.2) is 0 Å². The third-order valence-electron chi connectivity index (χ3n) is 4.50. The second-order valence-corrected chi connectivity index (χ2v) is 9.74. The molecule has 12 nitrogen and oxygen atoms in total. The molecular formula is C22H45N2O10P. The summed E-state index contributed by atoms with van der Waals surface area (Å²) in [4.78, 5) is 32.7. The van der Waals surface area contributed by atoms with Crippen molar-refractivity contribution in [2.75, 3.05) is 86.8 Å². The van der Waals surface area contributed by atoms with Gasteiger partial charge < -0.3 is 43.7 Å². The number of rotatable bonds is 25. The molecule has 0 saturated carbocycles. The van der Waals surface area contributed by atoms with Crippen LogP contribution >= 0.6 is 7.60 Å². The summed E-state index contributed by atoms with van der Waals surface area (Å²) in [6.45, 7) is 5.48. The van der Waals surface area contributed by atoms with Crippen LogP contribution in [0.1, 0.15) is 38.5 Å². The summed E-state index contributed by atoms with van der Waals surface area (Å²) < 4.78 is 42.5. The van der Waals surface area contributed by atoms with Crippen molar-refractivity contribution in [3.8, 4) is 0 Å². The summed E-state index contributed by atoms with van der Waals surface area (Å²) in [7, 11) is -0.210. The lowest BCUT2D eigenvalue weighted by atomic mass is 10.2. The van der Waals surface area contributed by atoms with Crippen molar-refractivity contribution in [3.05, 3.63) is 0 Å². The monoisotopic (exact) mass is 528 g/mol. The Morgan fingerprint density at radius 2 is 1.34 bits per heavy atom. The summed E-state index contributed by atoms with van der Waals surface area (Å²) in [5.74, 6) is -0.223. The van der Waals surface area contributed by atoms with Crippen molar-refractivity contribution in [2.45, 2.75) is 44.6 Å². The molecule has 0 aromatic rings. The molecule has 3 N–H and O–H groups in total. The number of carbonyl (C=O) groups excluding carboxylic acids is 2. The van der Waals surface area contributed by atoms with Crippen LogP contribution in [0.4, 0.5) is 0 Å². The number of ether oxygens (including phenoxy) is 5. The van der Waals surface area contributed by atoms with Crippen molar-refractivity contribution in [3.63, 3.8) is 0 Å². The Bertz CT molecular complexity index is 576. The van der Waals surface area contributed by atoms with E-state index in [2.05, 4.69) is 10.6 Å². The van der Waals surface area contributed by atoms with Gasteiger partial charge in [0.05, 0.1) is 46.2 Å². The summed E-state index contributed by atoms with van der Waals surface area (Å²) in [6.07, 6.45) is 2.69. The molecule has 0 aliphatic heterocycles. The van der Waals surface area contributed by atoms with Crippen molar-refractivity contribution in [1.82, 2.24) is 10.6 Å². The van der Waals surface area contributed by atoms with E-state index in [1.54, 1.807) is 14.2 Å². The van der Waals surface area contributed by atoms with E-state index >= 15 is 0 Å². The highest BCUT2D eigenvalue weighted by Gasteiger charge is 2.11. The molecule has 0 aromatic carbocycles. The van der Waals surface area contributed by atoms with E-state index in [9.17, 15) is 14.2 Å².